The molecule has 0 bridgehead atoms. The molecule has 0 unspecified atom stereocenters. The molecule has 1 aliphatic rings. The van der Waals surface area contributed by atoms with E-state index in [2.05, 4.69) is 60.8 Å². The molecule has 0 spiro atoms. The van der Waals surface area contributed by atoms with Crippen LogP contribution < -0.4 is 10.1 Å². The molecule has 116 valence electrons. The van der Waals surface area contributed by atoms with E-state index in [1.807, 2.05) is 0 Å². The minimum atomic E-state index is 0.566. The second-order valence-electron chi connectivity index (χ2n) is 6.38. The van der Waals surface area contributed by atoms with Gasteiger partial charge in [-0.3, -0.25) is 0 Å². The first-order chi connectivity index (χ1) is 10.8. The summed E-state index contributed by atoms with van der Waals surface area (Å²) in [6.45, 7) is 2.35. The fourth-order valence-electron chi connectivity index (χ4n) is 3.26. The summed E-state index contributed by atoms with van der Waals surface area (Å²) in [6, 6.07) is 17.5. The second-order valence-corrected chi connectivity index (χ2v) is 6.38. The zero-order valence-electron chi connectivity index (χ0n) is 13.5. The van der Waals surface area contributed by atoms with E-state index in [0.717, 1.165) is 17.4 Å². The molecule has 1 N–H and O–H groups in total. The number of benzene rings is 2. The first-order valence-corrected chi connectivity index (χ1v) is 8.26. The maximum atomic E-state index is 5.54. The fourth-order valence-corrected chi connectivity index (χ4v) is 3.26. The first kappa shape index (κ1) is 15.0. The lowest BCUT2D eigenvalue weighted by molar-refractivity contribution is 0.359. The Morgan fingerprint density at radius 2 is 1.64 bits per heavy atom. The smallest absolute Gasteiger partial charge is 0.141 e. The number of rotatable bonds is 4. The van der Waals surface area contributed by atoms with E-state index in [-0.39, 0.29) is 0 Å². The third kappa shape index (κ3) is 3.44. The van der Waals surface area contributed by atoms with Crippen molar-refractivity contribution in [2.75, 3.05) is 12.4 Å². The van der Waals surface area contributed by atoms with Crippen molar-refractivity contribution in [1.29, 1.82) is 0 Å². The maximum Gasteiger partial charge on any atom is 0.141 e. The Hall–Kier alpha value is -1.96. The van der Waals surface area contributed by atoms with Crippen LogP contribution in [0.3, 0.4) is 0 Å². The zero-order valence-corrected chi connectivity index (χ0v) is 13.5. The van der Waals surface area contributed by atoms with Gasteiger partial charge in [-0.15, -0.1) is 0 Å². The Labute approximate surface area is 133 Å². The van der Waals surface area contributed by atoms with Crippen molar-refractivity contribution in [1.82, 2.24) is 0 Å². The number of ether oxygens (including phenoxy) is 1. The van der Waals surface area contributed by atoms with Crippen molar-refractivity contribution in [3.05, 3.63) is 48.5 Å². The molecule has 0 atom stereocenters. The molecule has 1 aliphatic carbocycles. The van der Waals surface area contributed by atoms with E-state index in [4.69, 9.17) is 4.74 Å². The van der Waals surface area contributed by atoms with Crippen LogP contribution in [0.4, 0.5) is 5.69 Å². The molecular formula is C20H25NO. The van der Waals surface area contributed by atoms with Gasteiger partial charge in [0, 0.05) is 6.04 Å². The molecule has 0 aliphatic heterocycles. The third-order valence-electron chi connectivity index (χ3n) is 4.68. The Bertz CT molecular complexity index is 600. The SMILES string of the molecule is COc1ccc(-c2ccccc2)cc1NC1CCC(C)CC1. The van der Waals surface area contributed by atoms with Gasteiger partial charge in [-0.25, -0.2) is 0 Å². The number of hydrogen-bond acceptors (Lipinski definition) is 2. The summed E-state index contributed by atoms with van der Waals surface area (Å²) < 4.78 is 5.54. The van der Waals surface area contributed by atoms with E-state index < -0.39 is 0 Å². The topological polar surface area (TPSA) is 21.3 Å². The second kappa shape index (κ2) is 6.87. The van der Waals surface area contributed by atoms with Crippen LogP contribution in [0.15, 0.2) is 48.5 Å². The molecule has 2 nitrogen and oxygen atoms in total. The van der Waals surface area contributed by atoms with Gasteiger partial charge in [0.2, 0.25) is 0 Å². The number of methoxy groups -OCH3 is 1. The molecule has 1 fully saturated rings. The molecule has 2 aromatic carbocycles. The summed E-state index contributed by atoms with van der Waals surface area (Å²) in [4.78, 5) is 0. The lowest BCUT2D eigenvalue weighted by Gasteiger charge is -2.28. The van der Waals surface area contributed by atoms with Gasteiger partial charge in [0.1, 0.15) is 5.75 Å². The van der Waals surface area contributed by atoms with Crippen LogP contribution in [0.25, 0.3) is 11.1 Å². The molecule has 2 aromatic rings. The lowest BCUT2D eigenvalue weighted by Crippen LogP contribution is -2.25. The fraction of sp³-hybridized carbons (Fsp3) is 0.400. The highest BCUT2D eigenvalue weighted by Crippen LogP contribution is 2.33. The maximum absolute atomic E-state index is 5.54. The van der Waals surface area contributed by atoms with Gasteiger partial charge in [0.25, 0.3) is 0 Å². The van der Waals surface area contributed by atoms with Crippen LogP contribution in [-0.2, 0) is 0 Å². The van der Waals surface area contributed by atoms with Crippen molar-refractivity contribution in [2.45, 2.75) is 38.6 Å². The van der Waals surface area contributed by atoms with E-state index >= 15 is 0 Å². The molecule has 1 saturated carbocycles. The van der Waals surface area contributed by atoms with E-state index in [9.17, 15) is 0 Å². The molecule has 0 amide bonds. The van der Waals surface area contributed by atoms with Crippen LogP contribution in [-0.4, -0.2) is 13.2 Å². The Morgan fingerprint density at radius 1 is 0.909 bits per heavy atom. The number of nitrogens with one attached hydrogen (secondary N) is 1. The largest absolute Gasteiger partial charge is 0.495 e. The summed E-state index contributed by atoms with van der Waals surface area (Å²) in [6.07, 6.45) is 5.14. The molecular weight excluding hydrogens is 270 g/mol. The van der Waals surface area contributed by atoms with E-state index in [1.54, 1.807) is 7.11 Å². The number of anilines is 1. The number of hydrogen-bond donors (Lipinski definition) is 1. The van der Waals surface area contributed by atoms with Gasteiger partial charge in [0.05, 0.1) is 12.8 Å². The average molecular weight is 295 g/mol. The van der Waals surface area contributed by atoms with Gasteiger partial charge in [0.15, 0.2) is 0 Å². The molecule has 0 aromatic heterocycles. The van der Waals surface area contributed by atoms with Gasteiger partial charge < -0.3 is 10.1 Å². The molecule has 2 heteroatoms. The molecule has 22 heavy (non-hydrogen) atoms. The Kier molecular flexibility index (Phi) is 4.67. The zero-order chi connectivity index (χ0) is 15.4. The normalized spacial score (nSPS) is 21.4. The minimum Gasteiger partial charge on any atom is -0.495 e. The standard InChI is InChI=1S/C20H25NO/c1-15-8-11-18(12-9-15)21-19-14-17(10-13-20(19)22-2)16-6-4-3-5-7-16/h3-7,10,13-15,18,21H,8-9,11-12H2,1-2H3. The average Bonchev–Trinajstić information content (AvgIpc) is 2.58. The van der Waals surface area contributed by atoms with E-state index in [0.29, 0.717) is 6.04 Å². The van der Waals surface area contributed by atoms with Crippen molar-refractivity contribution in [3.63, 3.8) is 0 Å². The summed E-state index contributed by atoms with van der Waals surface area (Å²) >= 11 is 0. The van der Waals surface area contributed by atoms with Crippen molar-refractivity contribution >= 4 is 5.69 Å². The monoisotopic (exact) mass is 295 g/mol. The predicted octanol–water partition coefficient (Wildman–Crippen LogP) is 5.35. The molecule has 0 radical (unpaired) electrons. The van der Waals surface area contributed by atoms with Gasteiger partial charge in [-0.05, 0) is 54.9 Å². The summed E-state index contributed by atoms with van der Waals surface area (Å²) in [5.74, 6) is 1.80. The van der Waals surface area contributed by atoms with Crippen LogP contribution in [0.2, 0.25) is 0 Å². The highest BCUT2D eigenvalue weighted by atomic mass is 16.5. The first-order valence-electron chi connectivity index (χ1n) is 8.26. The van der Waals surface area contributed by atoms with Crippen LogP contribution in [0, 0.1) is 5.92 Å². The highest BCUT2D eigenvalue weighted by molar-refractivity contribution is 5.72. The predicted molar refractivity (Wildman–Crippen MR) is 93.5 cm³/mol. The van der Waals surface area contributed by atoms with Crippen molar-refractivity contribution in [2.24, 2.45) is 5.92 Å². The van der Waals surface area contributed by atoms with Crippen LogP contribution in [0.1, 0.15) is 32.6 Å². The molecule has 0 heterocycles. The summed E-state index contributed by atoms with van der Waals surface area (Å²) in [5.41, 5.74) is 3.59. The third-order valence-corrected chi connectivity index (χ3v) is 4.68. The molecule has 0 saturated heterocycles. The molecule has 3 rings (SSSR count). The summed E-state index contributed by atoms with van der Waals surface area (Å²) in [5, 5.41) is 3.71. The van der Waals surface area contributed by atoms with Crippen molar-refractivity contribution in [3.8, 4) is 16.9 Å². The quantitative estimate of drug-likeness (QED) is 0.820. The minimum absolute atomic E-state index is 0.566. The Morgan fingerprint density at radius 3 is 2.32 bits per heavy atom. The van der Waals surface area contributed by atoms with Crippen LogP contribution >= 0.6 is 0 Å². The van der Waals surface area contributed by atoms with Crippen LogP contribution in [0.5, 0.6) is 5.75 Å². The summed E-state index contributed by atoms with van der Waals surface area (Å²) in [7, 11) is 1.74. The van der Waals surface area contributed by atoms with E-state index in [1.165, 1.54) is 36.8 Å². The van der Waals surface area contributed by atoms with Gasteiger partial charge >= 0.3 is 0 Å². The van der Waals surface area contributed by atoms with Gasteiger partial charge in [-0.2, -0.15) is 0 Å². The van der Waals surface area contributed by atoms with Gasteiger partial charge in [-0.1, -0.05) is 43.3 Å². The lowest BCUT2D eigenvalue weighted by atomic mass is 9.87. The van der Waals surface area contributed by atoms with Crippen molar-refractivity contribution < 1.29 is 4.74 Å². The highest BCUT2D eigenvalue weighted by Gasteiger charge is 2.19. The Balaban J connectivity index is 1.82.